The fourth-order valence-electron chi connectivity index (χ4n) is 3.01. The molecule has 0 saturated heterocycles. The highest BCUT2D eigenvalue weighted by Crippen LogP contribution is 2.29. The number of carbonyl (C=O) groups excluding carboxylic acids is 1. The molecule has 2 nitrogen and oxygen atoms in total. The highest BCUT2D eigenvalue weighted by Gasteiger charge is 2.19. The minimum absolute atomic E-state index is 0.0721. The lowest BCUT2D eigenvalue weighted by Gasteiger charge is -2.11. The third-order valence-electron chi connectivity index (χ3n) is 4.22. The smallest absolute Gasteiger partial charge is 0.189 e. The molecule has 2 aromatic rings. The highest BCUT2D eigenvalue weighted by atomic mass is 16.3. The van der Waals surface area contributed by atoms with Crippen molar-refractivity contribution in [2.45, 2.75) is 32.6 Å². The number of fused-ring (bicyclic) bond motifs is 1. The minimum Gasteiger partial charge on any atom is -0.507 e. The molecule has 2 aromatic carbocycles. The number of phenolic OH excluding ortho intramolecular Hbond substituents is 1. The Hall–Kier alpha value is -2.35. The molecule has 0 radical (unpaired) electrons. The number of rotatable bonds is 3. The summed E-state index contributed by atoms with van der Waals surface area (Å²) in [5, 5.41) is 10.3. The molecule has 112 valence electrons. The molecule has 0 unspecified atom stereocenters. The van der Waals surface area contributed by atoms with Gasteiger partial charge in [-0.2, -0.15) is 0 Å². The van der Waals surface area contributed by atoms with E-state index in [4.69, 9.17) is 0 Å². The predicted molar refractivity (Wildman–Crippen MR) is 88.4 cm³/mol. The van der Waals surface area contributed by atoms with Crippen molar-refractivity contribution < 1.29 is 9.90 Å². The van der Waals surface area contributed by atoms with Gasteiger partial charge in [-0.25, -0.2) is 0 Å². The number of hydrogen-bond donors (Lipinski definition) is 1. The Kier molecular flexibility index (Phi) is 4.10. The first-order valence-corrected chi connectivity index (χ1v) is 7.73. The molecule has 0 bridgehead atoms. The van der Waals surface area contributed by atoms with Gasteiger partial charge < -0.3 is 5.11 Å². The summed E-state index contributed by atoms with van der Waals surface area (Å²) in [6.07, 6.45) is 5.14. The van der Waals surface area contributed by atoms with Crippen LogP contribution in [0, 0.1) is 0 Å². The molecule has 0 aliphatic heterocycles. The molecule has 1 aliphatic carbocycles. The van der Waals surface area contributed by atoms with Gasteiger partial charge in [0.1, 0.15) is 5.75 Å². The second kappa shape index (κ2) is 6.18. The second-order valence-corrected chi connectivity index (χ2v) is 5.99. The number of carbonyl (C=O) groups is 1. The van der Waals surface area contributed by atoms with Gasteiger partial charge in [-0.15, -0.1) is 0 Å². The van der Waals surface area contributed by atoms with Crippen molar-refractivity contribution in [2.75, 3.05) is 0 Å². The largest absolute Gasteiger partial charge is 0.507 e. The zero-order chi connectivity index (χ0) is 15.5. The van der Waals surface area contributed by atoms with Gasteiger partial charge >= 0.3 is 0 Å². The normalized spacial score (nSPS) is 14.2. The van der Waals surface area contributed by atoms with Crippen LogP contribution in [-0.4, -0.2) is 10.9 Å². The average Bonchev–Trinajstić information content (AvgIpc) is 2.65. The standard InChI is InChI=1S/C20H20O2/c1-14-7-10-17-12-16(9-8-15-5-3-2-4-6-15)13-19(22)20(17)18(21)11-14/h2-6,11-13,22H,7-10H2,1H3. The van der Waals surface area contributed by atoms with Gasteiger partial charge in [0.05, 0.1) is 5.56 Å². The SMILES string of the molecule is CC1=CC(=O)c2c(O)cc(CCc3ccccc3)cc2CC1. The van der Waals surface area contributed by atoms with E-state index in [1.54, 1.807) is 12.1 Å². The molecule has 0 aromatic heterocycles. The Bertz CT molecular complexity index is 727. The summed E-state index contributed by atoms with van der Waals surface area (Å²) in [7, 11) is 0. The molecule has 3 rings (SSSR count). The van der Waals surface area contributed by atoms with Crippen LogP contribution in [0.25, 0.3) is 0 Å². The van der Waals surface area contributed by atoms with Crippen LogP contribution in [-0.2, 0) is 19.3 Å². The maximum Gasteiger partial charge on any atom is 0.189 e. The van der Waals surface area contributed by atoms with Gasteiger partial charge in [-0.1, -0.05) is 42.0 Å². The molecular formula is C20H20O2. The van der Waals surface area contributed by atoms with Crippen molar-refractivity contribution in [1.29, 1.82) is 0 Å². The molecule has 0 saturated carbocycles. The molecule has 1 N–H and O–H groups in total. The Morgan fingerprint density at radius 1 is 1.00 bits per heavy atom. The van der Waals surface area contributed by atoms with Gasteiger partial charge in [0.15, 0.2) is 5.78 Å². The van der Waals surface area contributed by atoms with E-state index in [1.165, 1.54) is 5.56 Å². The number of benzene rings is 2. The first-order valence-electron chi connectivity index (χ1n) is 7.73. The lowest BCUT2D eigenvalue weighted by Crippen LogP contribution is -2.02. The number of phenols is 1. The van der Waals surface area contributed by atoms with Gasteiger partial charge in [0.25, 0.3) is 0 Å². The molecule has 2 heteroatoms. The fourth-order valence-corrected chi connectivity index (χ4v) is 3.01. The molecular weight excluding hydrogens is 272 g/mol. The van der Waals surface area contributed by atoms with Crippen LogP contribution in [0.2, 0.25) is 0 Å². The summed E-state index contributed by atoms with van der Waals surface area (Å²) in [5.41, 5.74) is 4.91. The number of hydrogen-bond acceptors (Lipinski definition) is 2. The van der Waals surface area contributed by atoms with Gasteiger partial charge in [0.2, 0.25) is 0 Å². The molecule has 1 aliphatic rings. The third kappa shape index (κ3) is 3.11. The maximum atomic E-state index is 12.2. The molecule has 0 amide bonds. The van der Waals surface area contributed by atoms with Crippen LogP contribution < -0.4 is 0 Å². The molecule has 0 spiro atoms. The third-order valence-corrected chi connectivity index (χ3v) is 4.22. The quantitative estimate of drug-likeness (QED) is 0.918. The van der Waals surface area contributed by atoms with Crippen molar-refractivity contribution >= 4 is 5.78 Å². The van der Waals surface area contributed by atoms with Crippen LogP contribution in [0.15, 0.2) is 54.1 Å². The van der Waals surface area contributed by atoms with E-state index >= 15 is 0 Å². The fraction of sp³-hybridized carbons (Fsp3) is 0.250. The number of ketones is 1. The van der Waals surface area contributed by atoms with Gasteiger partial charge in [0, 0.05) is 0 Å². The van der Waals surface area contributed by atoms with Crippen molar-refractivity contribution in [1.82, 2.24) is 0 Å². The minimum atomic E-state index is -0.0721. The van der Waals surface area contributed by atoms with Crippen molar-refractivity contribution in [3.63, 3.8) is 0 Å². The lowest BCUT2D eigenvalue weighted by molar-refractivity contribution is 0.104. The maximum absolute atomic E-state index is 12.2. The Morgan fingerprint density at radius 3 is 2.50 bits per heavy atom. The number of aromatic hydroxyl groups is 1. The topological polar surface area (TPSA) is 37.3 Å². The monoisotopic (exact) mass is 292 g/mol. The second-order valence-electron chi connectivity index (χ2n) is 5.99. The molecule has 0 heterocycles. The van der Waals surface area contributed by atoms with E-state index in [0.717, 1.165) is 42.4 Å². The summed E-state index contributed by atoms with van der Waals surface area (Å²) in [5.74, 6) is 0.0496. The van der Waals surface area contributed by atoms with Crippen LogP contribution in [0.1, 0.15) is 40.4 Å². The van der Waals surface area contributed by atoms with Crippen molar-refractivity contribution in [2.24, 2.45) is 0 Å². The highest BCUT2D eigenvalue weighted by molar-refractivity contribution is 6.08. The van der Waals surface area contributed by atoms with E-state index in [-0.39, 0.29) is 11.5 Å². The lowest BCUT2D eigenvalue weighted by atomic mass is 9.95. The van der Waals surface area contributed by atoms with Crippen LogP contribution in [0.5, 0.6) is 5.75 Å². The summed E-state index contributed by atoms with van der Waals surface area (Å²) in [6.45, 7) is 1.97. The van der Waals surface area contributed by atoms with Gasteiger partial charge in [-0.3, -0.25) is 4.79 Å². The van der Waals surface area contributed by atoms with Crippen LogP contribution in [0.3, 0.4) is 0 Å². The van der Waals surface area contributed by atoms with E-state index in [0.29, 0.717) is 5.56 Å². The first kappa shape index (κ1) is 14.6. The van der Waals surface area contributed by atoms with E-state index < -0.39 is 0 Å². The van der Waals surface area contributed by atoms with E-state index in [1.807, 2.05) is 25.1 Å². The van der Waals surface area contributed by atoms with E-state index in [2.05, 4.69) is 18.2 Å². The number of aryl methyl sites for hydroxylation is 3. The van der Waals surface area contributed by atoms with Crippen molar-refractivity contribution in [3.05, 3.63) is 76.4 Å². The average molecular weight is 292 g/mol. The predicted octanol–water partition coefficient (Wildman–Crippen LogP) is 4.25. The summed E-state index contributed by atoms with van der Waals surface area (Å²) >= 11 is 0. The van der Waals surface area contributed by atoms with Gasteiger partial charge in [-0.05, 0) is 61.4 Å². The van der Waals surface area contributed by atoms with E-state index in [9.17, 15) is 9.90 Å². The molecule has 0 atom stereocenters. The zero-order valence-corrected chi connectivity index (χ0v) is 12.8. The molecule has 22 heavy (non-hydrogen) atoms. The summed E-state index contributed by atoms with van der Waals surface area (Å²) in [4.78, 5) is 12.2. The summed E-state index contributed by atoms with van der Waals surface area (Å²) < 4.78 is 0. The number of allylic oxidation sites excluding steroid dienone is 2. The summed E-state index contributed by atoms with van der Waals surface area (Å²) in [6, 6.07) is 14.1. The Balaban J connectivity index is 1.84. The van der Waals surface area contributed by atoms with Crippen LogP contribution in [0.4, 0.5) is 0 Å². The zero-order valence-electron chi connectivity index (χ0n) is 12.8. The van der Waals surface area contributed by atoms with Crippen molar-refractivity contribution in [3.8, 4) is 5.75 Å². The van der Waals surface area contributed by atoms with Crippen LogP contribution >= 0.6 is 0 Å². The first-order chi connectivity index (χ1) is 10.6. The molecule has 0 fully saturated rings. The Labute approximate surface area is 131 Å². The Morgan fingerprint density at radius 2 is 1.73 bits per heavy atom.